The van der Waals surface area contributed by atoms with Crippen LogP contribution < -0.4 is 10.5 Å². The summed E-state index contributed by atoms with van der Waals surface area (Å²) in [6.45, 7) is 2.67. The summed E-state index contributed by atoms with van der Waals surface area (Å²) in [5, 5.41) is 10.0. The van der Waals surface area contributed by atoms with Crippen molar-refractivity contribution < 1.29 is 13.2 Å². The second-order valence-electron chi connectivity index (χ2n) is 6.30. The van der Waals surface area contributed by atoms with Gasteiger partial charge in [-0.1, -0.05) is 0 Å². The molecular formula is C17H20BrN3O3S2. The summed E-state index contributed by atoms with van der Waals surface area (Å²) in [4.78, 5) is 16.2. The van der Waals surface area contributed by atoms with E-state index in [4.69, 9.17) is 5.14 Å². The van der Waals surface area contributed by atoms with Crippen LogP contribution in [0.1, 0.15) is 17.7 Å². The number of likely N-dealkylation sites (tertiary alicyclic amines) is 1. The van der Waals surface area contributed by atoms with Gasteiger partial charge in [-0.15, -0.1) is 11.3 Å². The van der Waals surface area contributed by atoms with E-state index >= 15 is 0 Å². The zero-order valence-electron chi connectivity index (χ0n) is 14.0. The summed E-state index contributed by atoms with van der Waals surface area (Å²) in [6, 6.07) is 7.96. The van der Waals surface area contributed by atoms with Crippen LogP contribution in [-0.4, -0.2) is 32.3 Å². The number of hydrogen-bond acceptors (Lipinski definition) is 5. The Labute approximate surface area is 165 Å². The number of benzene rings is 1. The molecule has 0 saturated carbocycles. The van der Waals surface area contributed by atoms with Crippen molar-refractivity contribution in [2.24, 2.45) is 11.1 Å². The van der Waals surface area contributed by atoms with Crippen LogP contribution in [0, 0.1) is 5.92 Å². The van der Waals surface area contributed by atoms with Crippen LogP contribution in [0.4, 0.5) is 5.69 Å². The molecule has 0 spiro atoms. The molecule has 26 heavy (non-hydrogen) atoms. The molecular weight excluding hydrogens is 438 g/mol. The number of nitrogens with two attached hydrogens (primary N) is 1. The Morgan fingerprint density at radius 3 is 2.42 bits per heavy atom. The van der Waals surface area contributed by atoms with E-state index in [0.717, 1.165) is 36.9 Å². The highest BCUT2D eigenvalue weighted by molar-refractivity contribution is 9.10. The Balaban J connectivity index is 1.51. The number of hydrogen-bond donors (Lipinski definition) is 2. The number of thiophene rings is 1. The first kappa shape index (κ1) is 19.5. The quantitative estimate of drug-likeness (QED) is 0.721. The molecule has 1 aromatic carbocycles. The lowest BCUT2D eigenvalue weighted by Gasteiger charge is -2.31. The lowest BCUT2D eigenvalue weighted by Crippen LogP contribution is -2.37. The average Bonchev–Trinajstić information content (AvgIpc) is 3.00. The first-order valence-corrected chi connectivity index (χ1v) is 11.4. The van der Waals surface area contributed by atoms with E-state index in [1.807, 2.05) is 0 Å². The Hall–Kier alpha value is -1.26. The van der Waals surface area contributed by atoms with Gasteiger partial charge < -0.3 is 5.32 Å². The average molecular weight is 458 g/mol. The summed E-state index contributed by atoms with van der Waals surface area (Å²) in [5.41, 5.74) is 0.576. The predicted molar refractivity (Wildman–Crippen MR) is 106 cm³/mol. The molecule has 0 atom stereocenters. The van der Waals surface area contributed by atoms with Crippen molar-refractivity contribution in [1.82, 2.24) is 4.90 Å². The Kier molecular flexibility index (Phi) is 6.13. The van der Waals surface area contributed by atoms with E-state index in [1.165, 1.54) is 17.0 Å². The first-order valence-electron chi connectivity index (χ1n) is 8.21. The molecule has 2 aromatic rings. The number of carbonyl (C=O) groups is 1. The van der Waals surface area contributed by atoms with E-state index in [-0.39, 0.29) is 16.7 Å². The van der Waals surface area contributed by atoms with E-state index in [2.05, 4.69) is 37.6 Å². The van der Waals surface area contributed by atoms with Crippen LogP contribution in [0.2, 0.25) is 0 Å². The van der Waals surface area contributed by atoms with Crippen molar-refractivity contribution in [2.45, 2.75) is 24.3 Å². The molecule has 1 aromatic heterocycles. The maximum absolute atomic E-state index is 12.4. The van der Waals surface area contributed by atoms with Gasteiger partial charge in [0.25, 0.3) is 0 Å². The van der Waals surface area contributed by atoms with Crippen LogP contribution in [0.5, 0.6) is 0 Å². The molecule has 3 rings (SSSR count). The summed E-state index contributed by atoms with van der Waals surface area (Å²) >= 11 is 5.29. The second kappa shape index (κ2) is 8.18. The second-order valence-corrected chi connectivity index (χ2v) is 9.72. The monoisotopic (exact) mass is 457 g/mol. The number of primary sulfonamides is 1. The number of carbonyl (C=O) groups excluding carboxylic acids is 1. The molecule has 0 unspecified atom stereocenters. The van der Waals surface area contributed by atoms with E-state index in [9.17, 15) is 13.2 Å². The van der Waals surface area contributed by atoms with Crippen LogP contribution in [-0.2, 0) is 21.4 Å². The van der Waals surface area contributed by atoms with Crippen LogP contribution in [0.25, 0.3) is 0 Å². The minimum atomic E-state index is -3.72. The van der Waals surface area contributed by atoms with Gasteiger partial charge in [0.2, 0.25) is 15.9 Å². The van der Waals surface area contributed by atoms with E-state index < -0.39 is 10.0 Å². The van der Waals surface area contributed by atoms with Crippen LogP contribution >= 0.6 is 27.3 Å². The molecule has 9 heteroatoms. The fourth-order valence-electron chi connectivity index (χ4n) is 2.97. The Morgan fingerprint density at radius 1 is 1.23 bits per heavy atom. The first-order chi connectivity index (χ1) is 12.3. The summed E-state index contributed by atoms with van der Waals surface area (Å²) in [6.07, 6.45) is 1.62. The third kappa shape index (κ3) is 4.92. The largest absolute Gasteiger partial charge is 0.326 e. The maximum Gasteiger partial charge on any atom is 0.238 e. The molecule has 1 amide bonds. The van der Waals surface area contributed by atoms with E-state index in [1.54, 1.807) is 23.5 Å². The molecule has 2 heterocycles. The van der Waals surface area contributed by atoms with Crippen molar-refractivity contribution in [2.75, 3.05) is 18.4 Å². The molecule has 6 nitrogen and oxygen atoms in total. The number of anilines is 1. The highest BCUT2D eigenvalue weighted by Crippen LogP contribution is 2.27. The number of nitrogens with one attached hydrogen (secondary N) is 1. The zero-order chi connectivity index (χ0) is 18.7. The molecule has 1 aliphatic rings. The van der Waals surface area contributed by atoms with Gasteiger partial charge in [-0.2, -0.15) is 0 Å². The number of nitrogens with zero attached hydrogens (tertiary/aromatic N) is 1. The number of amides is 1. The minimum absolute atomic E-state index is 0.0229. The maximum atomic E-state index is 12.4. The molecule has 3 N–H and O–H groups in total. The Bertz CT molecular complexity index is 873. The lowest BCUT2D eigenvalue weighted by molar-refractivity contribution is -0.121. The van der Waals surface area contributed by atoms with Crippen LogP contribution in [0.3, 0.4) is 0 Å². The highest BCUT2D eigenvalue weighted by atomic mass is 79.9. The van der Waals surface area contributed by atoms with Gasteiger partial charge in [0.15, 0.2) is 0 Å². The number of sulfonamides is 1. The van der Waals surface area contributed by atoms with Crippen molar-refractivity contribution in [3.63, 3.8) is 0 Å². The van der Waals surface area contributed by atoms with Gasteiger partial charge in [-0.05, 0) is 77.6 Å². The van der Waals surface area contributed by atoms with Crippen molar-refractivity contribution in [3.05, 3.63) is 45.1 Å². The molecule has 0 radical (unpaired) electrons. The SMILES string of the molecule is NS(=O)(=O)c1ccc(NC(=O)C2CCN(Cc3sccc3Br)CC2)cc1. The highest BCUT2D eigenvalue weighted by Gasteiger charge is 2.25. The zero-order valence-corrected chi connectivity index (χ0v) is 17.2. The molecule has 1 fully saturated rings. The molecule has 0 aliphatic carbocycles. The van der Waals surface area contributed by atoms with Crippen molar-refractivity contribution >= 4 is 48.9 Å². The summed E-state index contributed by atoms with van der Waals surface area (Å²) < 4.78 is 23.7. The normalized spacial score (nSPS) is 16.5. The molecule has 1 saturated heterocycles. The minimum Gasteiger partial charge on any atom is -0.326 e. The lowest BCUT2D eigenvalue weighted by atomic mass is 9.95. The van der Waals surface area contributed by atoms with Crippen molar-refractivity contribution in [1.29, 1.82) is 0 Å². The standard InChI is InChI=1S/C17H20BrN3O3S2/c18-15-7-10-25-16(15)11-21-8-5-12(6-9-21)17(22)20-13-1-3-14(4-2-13)26(19,23)24/h1-4,7,10,12H,5-6,8-9,11H2,(H,20,22)(H2,19,23,24). The van der Waals surface area contributed by atoms with Crippen LogP contribution in [0.15, 0.2) is 45.1 Å². The molecule has 0 bridgehead atoms. The number of rotatable bonds is 5. The smallest absolute Gasteiger partial charge is 0.238 e. The van der Waals surface area contributed by atoms with Gasteiger partial charge >= 0.3 is 0 Å². The van der Waals surface area contributed by atoms with Gasteiger partial charge in [-0.3, -0.25) is 9.69 Å². The summed E-state index contributed by atoms with van der Waals surface area (Å²) in [7, 11) is -3.72. The molecule has 1 aliphatic heterocycles. The number of halogens is 1. The molecule has 140 valence electrons. The fourth-order valence-corrected chi connectivity index (χ4v) is 5.00. The Morgan fingerprint density at radius 2 is 1.88 bits per heavy atom. The van der Waals surface area contributed by atoms with Gasteiger partial charge in [-0.25, -0.2) is 13.6 Å². The third-order valence-electron chi connectivity index (χ3n) is 4.47. The summed E-state index contributed by atoms with van der Waals surface area (Å²) in [5.74, 6) is -0.0544. The van der Waals surface area contributed by atoms with Gasteiger partial charge in [0.1, 0.15) is 0 Å². The third-order valence-corrected chi connectivity index (χ3v) is 7.31. The van der Waals surface area contributed by atoms with Crippen molar-refractivity contribution in [3.8, 4) is 0 Å². The van der Waals surface area contributed by atoms with E-state index in [0.29, 0.717) is 5.69 Å². The van der Waals surface area contributed by atoms with Gasteiger partial charge in [0.05, 0.1) is 4.90 Å². The number of piperidine rings is 1. The topological polar surface area (TPSA) is 92.5 Å². The predicted octanol–water partition coefficient (Wildman–Crippen LogP) is 3.01. The fraction of sp³-hybridized carbons (Fsp3) is 0.353. The van der Waals surface area contributed by atoms with Gasteiger partial charge in [0, 0.05) is 27.5 Å².